The zero-order chi connectivity index (χ0) is 9.84. The van der Waals surface area contributed by atoms with E-state index in [2.05, 4.69) is 25.1 Å². The first-order valence-electron chi connectivity index (χ1n) is 4.46. The molecule has 1 aromatic carbocycles. The van der Waals surface area contributed by atoms with Gasteiger partial charge in [0.25, 0.3) is 0 Å². The second kappa shape index (κ2) is 4.38. The molecule has 0 fully saturated rings. The molecule has 0 aromatic heterocycles. The van der Waals surface area contributed by atoms with E-state index >= 15 is 0 Å². The number of hydrogen-bond acceptors (Lipinski definition) is 1. The summed E-state index contributed by atoms with van der Waals surface area (Å²) < 4.78 is 0. The van der Waals surface area contributed by atoms with E-state index in [4.69, 9.17) is 12.2 Å². The summed E-state index contributed by atoms with van der Waals surface area (Å²) in [5, 5.41) is 0. The van der Waals surface area contributed by atoms with E-state index < -0.39 is 0 Å². The smallest absolute Gasteiger partial charge is 0.108 e. The molecule has 0 amide bonds. The molecule has 70 valence electrons. The van der Waals surface area contributed by atoms with Crippen LogP contribution in [0.4, 0.5) is 0 Å². The van der Waals surface area contributed by atoms with Gasteiger partial charge in [-0.15, -0.1) is 0 Å². The van der Waals surface area contributed by atoms with Crippen LogP contribution in [0.2, 0.25) is 0 Å². The number of thiocarbonyl (C=S) groups is 1. The maximum absolute atomic E-state index is 5.32. The first kappa shape index (κ1) is 10.2. The maximum Gasteiger partial charge on any atom is 0.108 e. The number of hydrogen-bond donors (Lipinski definition) is 0. The Balaban J connectivity index is 3.06. The van der Waals surface area contributed by atoms with Crippen LogP contribution < -0.4 is 0 Å². The van der Waals surface area contributed by atoms with Crippen LogP contribution in [0.15, 0.2) is 24.3 Å². The fourth-order valence-electron chi connectivity index (χ4n) is 1.28. The molecule has 0 radical (unpaired) electrons. The van der Waals surface area contributed by atoms with Crippen molar-refractivity contribution in [3.05, 3.63) is 35.4 Å². The van der Waals surface area contributed by atoms with Crippen LogP contribution in [0.25, 0.3) is 0 Å². The molecule has 2 heteroatoms. The van der Waals surface area contributed by atoms with Gasteiger partial charge in [-0.2, -0.15) is 0 Å². The summed E-state index contributed by atoms with van der Waals surface area (Å²) in [6.45, 7) is 2.15. The normalized spacial score (nSPS) is 9.77. The third-order valence-electron chi connectivity index (χ3n) is 2.03. The van der Waals surface area contributed by atoms with Gasteiger partial charge in [-0.25, -0.2) is 0 Å². The molecule has 0 N–H and O–H groups in total. The Morgan fingerprint density at radius 3 is 2.46 bits per heavy atom. The molecule has 13 heavy (non-hydrogen) atoms. The van der Waals surface area contributed by atoms with Crippen LogP contribution in [0, 0.1) is 0 Å². The van der Waals surface area contributed by atoms with E-state index in [0.29, 0.717) is 0 Å². The second-order valence-corrected chi connectivity index (χ2v) is 3.60. The number of nitrogens with zero attached hydrogens (tertiary/aromatic N) is 1. The van der Waals surface area contributed by atoms with Crippen molar-refractivity contribution in [2.45, 2.75) is 13.3 Å². The van der Waals surface area contributed by atoms with Gasteiger partial charge in [-0.05, 0) is 12.0 Å². The van der Waals surface area contributed by atoms with Crippen LogP contribution in [-0.4, -0.2) is 24.0 Å². The fourth-order valence-corrected chi connectivity index (χ4v) is 1.48. The lowest BCUT2D eigenvalue weighted by Gasteiger charge is -2.16. The molecule has 0 unspecified atom stereocenters. The van der Waals surface area contributed by atoms with Crippen molar-refractivity contribution < 1.29 is 0 Å². The van der Waals surface area contributed by atoms with Crippen molar-refractivity contribution in [1.82, 2.24) is 4.90 Å². The van der Waals surface area contributed by atoms with E-state index in [1.807, 2.05) is 25.1 Å². The van der Waals surface area contributed by atoms with E-state index in [1.54, 1.807) is 0 Å². The highest BCUT2D eigenvalue weighted by molar-refractivity contribution is 7.80. The molecule has 0 spiro atoms. The molecule has 1 nitrogen and oxygen atoms in total. The topological polar surface area (TPSA) is 3.24 Å². The molecule has 0 atom stereocenters. The summed E-state index contributed by atoms with van der Waals surface area (Å²) in [4.78, 5) is 2.89. The summed E-state index contributed by atoms with van der Waals surface area (Å²) in [6, 6.07) is 8.30. The van der Waals surface area contributed by atoms with Gasteiger partial charge < -0.3 is 4.90 Å². The summed E-state index contributed by atoms with van der Waals surface area (Å²) in [5.74, 6) is 0. The summed E-state index contributed by atoms with van der Waals surface area (Å²) in [5.41, 5.74) is 2.51. The number of benzene rings is 1. The van der Waals surface area contributed by atoms with E-state index in [0.717, 1.165) is 11.4 Å². The van der Waals surface area contributed by atoms with Gasteiger partial charge in [0, 0.05) is 19.7 Å². The van der Waals surface area contributed by atoms with E-state index in [1.165, 1.54) is 11.1 Å². The average Bonchev–Trinajstić information content (AvgIpc) is 2.16. The van der Waals surface area contributed by atoms with Crippen LogP contribution in [-0.2, 0) is 6.42 Å². The number of rotatable bonds is 2. The Morgan fingerprint density at radius 2 is 1.92 bits per heavy atom. The molecular formula is C11H15NS. The summed E-state index contributed by atoms with van der Waals surface area (Å²) in [7, 11) is 3.96. The van der Waals surface area contributed by atoms with Crippen LogP contribution >= 0.6 is 12.2 Å². The van der Waals surface area contributed by atoms with Gasteiger partial charge in [0.1, 0.15) is 4.99 Å². The molecule has 1 aromatic rings. The Labute approximate surface area is 85.4 Å². The molecule has 0 aliphatic heterocycles. The van der Waals surface area contributed by atoms with Gasteiger partial charge in [-0.1, -0.05) is 43.4 Å². The molecule has 0 heterocycles. The Kier molecular flexibility index (Phi) is 3.43. The zero-order valence-electron chi connectivity index (χ0n) is 8.37. The average molecular weight is 193 g/mol. The minimum Gasteiger partial charge on any atom is -0.368 e. The van der Waals surface area contributed by atoms with Crippen molar-refractivity contribution in [2.75, 3.05) is 14.1 Å². The van der Waals surface area contributed by atoms with Gasteiger partial charge in [0.2, 0.25) is 0 Å². The predicted octanol–water partition coefficient (Wildman–Crippen LogP) is 2.49. The highest BCUT2D eigenvalue weighted by Gasteiger charge is 2.06. The van der Waals surface area contributed by atoms with Crippen LogP contribution in [0.3, 0.4) is 0 Å². The van der Waals surface area contributed by atoms with Crippen molar-refractivity contribution in [3.8, 4) is 0 Å². The summed E-state index contributed by atoms with van der Waals surface area (Å²) >= 11 is 5.32. The quantitative estimate of drug-likeness (QED) is 0.664. The van der Waals surface area contributed by atoms with Crippen molar-refractivity contribution >= 4 is 17.2 Å². The van der Waals surface area contributed by atoms with E-state index in [-0.39, 0.29) is 0 Å². The lowest BCUT2D eigenvalue weighted by molar-refractivity contribution is 0.636. The van der Waals surface area contributed by atoms with E-state index in [9.17, 15) is 0 Å². The molecular weight excluding hydrogens is 178 g/mol. The molecule has 0 aliphatic carbocycles. The molecule has 0 aliphatic rings. The summed E-state index contributed by atoms with van der Waals surface area (Å²) in [6.07, 6.45) is 1.03. The standard InChI is InChI=1S/C11H15NS/c1-4-9-7-5-6-8-10(9)11(13)12(2)3/h5-8H,4H2,1-3H3. The Hall–Kier alpha value is -0.890. The first-order chi connectivity index (χ1) is 6.16. The zero-order valence-corrected chi connectivity index (χ0v) is 9.19. The van der Waals surface area contributed by atoms with Crippen LogP contribution in [0.1, 0.15) is 18.1 Å². The maximum atomic E-state index is 5.32. The monoisotopic (exact) mass is 193 g/mol. The van der Waals surface area contributed by atoms with Gasteiger partial charge >= 0.3 is 0 Å². The molecule has 0 saturated heterocycles. The highest BCUT2D eigenvalue weighted by atomic mass is 32.1. The van der Waals surface area contributed by atoms with Gasteiger partial charge in [-0.3, -0.25) is 0 Å². The van der Waals surface area contributed by atoms with Gasteiger partial charge in [0.05, 0.1) is 0 Å². The lowest BCUT2D eigenvalue weighted by Crippen LogP contribution is -2.21. The Morgan fingerprint density at radius 1 is 1.31 bits per heavy atom. The minimum atomic E-state index is 0.914. The second-order valence-electron chi connectivity index (χ2n) is 3.21. The third-order valence-corrected chi connectivity index (χ3v) is 2.62. The fraction of sp³-hybridized carbons (Fsp3) is 0.364. The molecule has 0 saturated carbocycles. The largest absolute Gasteiger partial charge is 0.368 e. The van der Waals surface area contributed by atoms with Gasteiger partial charge in [0.15, 0.2) is 0 Å². The van der Waals surface area contributed by atoms with Crippen molar-refractivity contribution in [2.24, 2.45) is 0 Å². The lowest BCUT2D eigenvalue weighted by atomic mass is 10.1. The highest BCUT2D eigenvalue weighted by Crippen LogP contribution is 2.11. The molecule has 1 rings (SSSR count). The Bertz CT molecular complexity index is 305. The van der Waals surface area contributed by atoms with Crippen molar-refractivity contribution in [1.29, 1.82) is 0 Å². The number of aryl methyl sites for hydroxylation is 1. The minimum absolute atomic E-state index is 0.914. The third kappa shape index (κ3) is 2.28. The first-order valence-corrected chi connectivity index (χ1v) is 4.87. The molecule has 0 bridgehead atoms. The van der Waals surface area contributed by atoms with Crippen LogP contribution in [0.5, 0.6) is 0 Å². The predicted molar refractivity (Wildman–Crippen MR) is 61.2 cm³/mol. The van der Waals surface area contributed by atoms with Crippen molar-refractivity contribution in [3.63, 3.8) is 0 Å². The SMILES string of the molecule is CCc1ccccc1C(=S)N(C)C.